The highest BCUT2D eigenvalue weighted by atomic mass is 16.5. The number of benzene rings is 2. The van der Waals surface area contributed by atoms with Crippen LogP contribution in [0.5, 0.6) is 0 Å². The van der Waals surface area contributed by atoms with Crippen molar-refractivity contribution in [2.24, 2.45) is 11.8 Å². The number of carboxylic acid groups (broad SMARTS) is 1. The average molecular weight is 437 g/mol. The number of ether oxygens (including phenoxy) is 1. The number of rotatable bonds is 9. The molecule has 0 heterocycles. The van der Waals surface area contributed by atoms with E-state index in [0.717, 1.165) is 11.1 Å². The van der Waals surface area contributed by atoms with Gasteiger partial charge in [0, 0.05) is 24.9 Å². The topological polar surface area (TPSA) is 105 Å². The fraction of sp³-hybridized carbons (Fsp3) is 0.400. The Morgan fingerprint density at radius 3 is 2.25 bits per heavy atom. The molecule has 0 saturated heterocycles. The van der Waals surface area contributed by atoms with Crippen molar-refractivity contribution in [3.8, 4) is 11.1 Å². The van der Waals surface area contributed by atoms with Crippen LogP contribution in [0.3, 0.4) is 0 Å². The van der Waals surface area contributed by atoms with Gasteiger partial charge in [-0.3, -0.25) is 9.59 Å². The number of carbonyl (C=O) groups is 3. The van der Waals surface area contributed by atoms with E-state index in [4.69, 9.17) is 9.84 Å². The molecule has 0 aromatic heterocycles. The number of carbonyl (C=O) groups excluding carboxylic acids is 2. The van der Waals surface area contributed by atoms with Crippen LogP contribution in [0.2, 0.25) is 0 Å². The highest BCUT2D eigenvalue weighted by molar-refractivity contribution is 5.80. The molecule has 0 radical (unpaired) electrons. The van der Waals surface area contributed by atoms with Crippen molar-refractivity contribution in [1.82, 2.24) is 10.6 Å². The molecule has 2 amide bonds. The summed E-state index contributed by atoms with van der Waals surface area (Å²) in [4.78, 5) is 35.5. The second kappa shape index (κ2) is 9.42. The minimum Gasteiger partial charge on any atom is -0.481 e. The molecule has 0 unspecified atom stereocenters. The third-order valence-corrected chi connectivity index (χ3v) is 6.39. The average Bonchev–Trinajstić information content (AvgIpc) is 3.51. The van der Waals surface area contributed by atoms with E-state index in [9.17, 15) is 14.4 Å². The van der Waals surface area contributed by atoms with Crippen molar-refractivity contribution in [1.29, 1.82) is 0 Å². The van der Waals surface area contributed by atoms with Gasteiger partial charge in [-0.05, 0) is 41.0 Å². The maximum Gasteiger partial charge on any atom is 0.407 e. The van der Waals surface area contributed by atoms with E-state index in [-0.39, 0.29) is 42.7 Å². The minimum atomic E-state index is -0.812. The molecule has 0 bridgehead atoms. The quantitative estimate of drug-likeness (QED) is 0.558. The van der Waals surface area contributed by atoms with Gasteiger partial charge in [0.25, 0.3) is 0 Å². The van der Waals surface area contributed by atoms with E-state index in [1.54, 1.807) is 0 Å². The fourth-order valence-corrected chi connectivity index (χ4v) is 4.42. The number of carboxylic acids is 1. The van der Waals surface area contributed by atoms with Crippen LogP contribution in [0.1, 0.15) is 43.2 Å². The molecular weight excluding hydrogens is 408 g/mol. The molecule has 1 fully saturated rings. The summed E-state index contributed by atoms with van der Waals surface area (Å²) < 4.78 is 5.56. The van der Waals surface area contributed by atoms with Gasteiger partial charge in [-0.15, -0.1) is 0 Å². The van der Waals surface area contributed by atoms with Gasteiger partial charge < -0.3 is 20.5 Å². The largest absolute Gasteiger partial charge is 0.481 e. The molecule has 7 nitrogen and oxygen atoms in total. The lowest BCUT2D eigenvalue weighted by atomic mass is 9.98. The minimum absolute atomic E-state index is 0.00613. The summed E-state index contributed by atoms with van der Waals surface area (Å²) >= 11 is 0. The normalized spacial score (nSPS) is 19.4. The van der Waals surface area contributed by atoms with Crippen LogP contribution in [0.25, 0.3) is 11.1 Å². The highest BCUT2D eigenvalue weighted by Gasteiger charge is 2.43. The number of fused-ring (bicyclic) bond motifs is 3. The van der Waals surface area contributed by atoms with Crippen LogP contribution in [0.4, 0.5) is 4.79 Å². The Kier molecular flexibility index (Phi) is 6.44. The van der Waals surface area contributed by atoms with E-state index in [2.05, 4.69) is 34.9 Å². The van der Waals surface area contributed by atoms with Crippen molar-refractivity contribution in [2.75, 3.05) is 13.2 Å². The van der Waals surface area contributed by atoms with Gasteiger partial charge in [-0.25, -0.2) is 4.79 Å². The van der Waals surface area contributed by atoms with Crippen molar-refractivity contribution in [3.05, 3.63) is 59.7 Å². The van der Waals surface area contributed by atoms with Crippen LogP contribution >= 0.6 is 0 Å². The zero-order valence-corrected chi connectivity index (χ0v) is 18.0. The maximum atomic E-state index is 12.4. The molecule has 2 aliphatic rings. The van der Waals surface area contributed by atoms with E-state index < -0.39 is 12.1 Å². The molecular formula is C25H28N2O5. The first kappa shape index (κ1) is 21.9. The van der Waals surface area contributed by atoms with Crippen LogP contribution in [0.15, 0.2) is 48.5 Å². The van der Waals surface area contributed by atoms with Gasteiger partial charge >= 0.3 is 12.1 Å². The fourth-order valence-electron chi connectivity index (χ4n) is 4.42. The third-order valence-electron chi connectivity index (χ3n) is 6.39. The molecule has 168 valence electrons. The predicted molar refractivity (Wildman–Crippen MR) is 119 cm³/mol. The molecule has 3 N–H and O–H groups in total. The Morgan fingerprint density at radius 2 is 1.69 bits per heavy atom. The zero-order chi connectivity index (χ0) is 22.7. The van der Waals surface area contributed by atoms with Gasteiger partial charge in [-0.2, -0.15) is 0 Å². The number of hydrogen-bond acceptors (Lipinski definition) is 4. The molecule has 2 aliphatic carbocycles. The van der Waals surface area contributed by atoms with Crippen LogP contribution < -0.4 is 10.6 Å². The van der Waals surface area contributed by atoms with Gasteiger partial charge in [-0.1, -0.05) is 55.5 Å². The number of nitrogens with one attached hydrogen (secondary N) is 2. The molecule has 32 heavy (non-hydrogen) atoms. The summed E-state index contributed by atoms with van der Waals surface area (Å²) in [7, 11) is 0. The Hall–Kier alpha value is -3.35. The number of aliphatic carboxylic acids is 1. The van der Waals surface area contributed by atoms with E-state index in [0.29, 0.717) is 19.4 Å². The second-order valence-electron chi connectivity index (χ2n) is 8.52. The van der Waals surface area contributed by atoms with Crippen LogP contribution in [0, 0.1) is 11.8 Å². The molecule has 7 heteroatoms. The summed E-state index contributed by atoms with van der Waals surface area (Å²) in [6, 6.07) is 15.9. The standard InChI is InChI=1S/C25H28N2O5/c1-2-16(12-23(28)26-13-15-11-21(15)24(29)30)27-25(31)32-14-22-19-9-5-3-7-17(19)18-8-4-6-10-20(18)22/h3-10,15-16,21-22H,2,11-14H2,1H3,(H,26,28)(H,27,31)(H,29,30)/t15-,16+,21-/m0/s1. The second-order valence-corrected chi connectivity index (χ2v) is 8.52. The summed E-state index contributed by atoms with van der Waals surface area (Å²) in [6.07, 6.45) is 0.772. The van der Waals surface area contributed by atoms with Crippen LogP contribution in [-0.2, 0) is 14.3 Å². The monoisotopic (exact) mass is 436 g/mol. The van der Waals surface area contributed by atoms with Gasteiger partial charge in [0.2, 0.25) is 5.91 Å². The summed E-state index contributed by atoms with van der Waals surface area (Å²) in [6.45, 7) is 2.47. The number of hydrogen-bond donors (Lipinski definition) is 3. The molecule has 0 spiro atoms. The Labute approximate surface area is 187 Å². The Bertz CT molecular complexity index is 975. The molecule has 3 atom stereocenters. The molecule has 1 saturated carbocycles. The van der Waals surface area contributed by atoms with Crippen molar-refractivity contribution in [2.45, 2.75) is 38.1 Å². The molecule has 2 aromatic rings. The van der Waals surface area contributed by atoms with Gasteiger partial charge in [0.1, 0.15) is 6.61 Å². The van der Waals surface area contributed by atoms with Crippen molar-refractivity contribution < 1.29 is 24.2 Å². The van der Waals surface area contributed by atoms with E-state index in [1.807, 2.05) is 31.2 Å². The molecule has 4 rings (SSSR count). The molecule has 2 aromatic carbocycles. The zero-order valence-electron chi connectivity index (χ0n) is 18.0. The van der Waals surface area contributed by atoms with E-state index >= 15 is 0 Å². The Morgan fingerprint density at radius 1 is 1.06 bits per heavy atom. The van der Waals surface area contributed by atoms with Gasteiger partial charge in [0.05, 0.1) is 5.92 Å². The predicted octanol–water partition coefficient (Wildman–Crippen LogP) is 3.53. The SMILES string of the molecule is CC[C@H](CC(=O)NC[C@@H]1C[C@@H]1C(=O)O)NC(=O)OCC1c2ccccc2-c2ccccc21. The lowest BCUT2D eigenvalue weighted by Gasteiger charge is -2.19. The lowest BCUT2D eigenvalue weighted by Crippen LogP contribution is -2.40. The smallest absolute Gasteiger partial charge is 0.407 e. The van der Waals surface area contributed by atoms with Crippen molar-refractivity contribution in [3.63, 3.8) is 0 Å². The van der Waals surface area contributed by atoms with Gasteiger partial charge in [0.15, 0.2) is 0 Å². The lowest BCUT2D eigenvalue weighted by molar-refractivity contribution is -0.139. The van der Waals surface area contributed by atoms with Crippen LogP contribution in [-0.4, -0.2) is 42.3 Å². The summed E-state index contributed by atoms with van der Waals surface area (Å²) in [5.41, 5.74) is 4.63. The third kappa shape index (κ3) is 4.77. The first-order valence-corrected chi connectivity index (χ1v) is 11.1. The summed E-state index contributed by atoms with van der Waals surface area (Å²) in [5, 5.41) is 14.5. The van der Waals surface area contributed by atoms with E-state index in [1.165, 1.54) is 11.1 Å². The first-order valence-electron chi connectivity index (χ1n) is 11.1. The molecule has 0 aliphatic heterocycles. The first-order chi connectivity index (χ1) is 15.5. The van der Waals surface area contributed by atoms with Crippen molar-refractivity contribution >= 4 is 18.0 Å². The number of amides is 2. The number of alkyl carbamates (subject to hydrolysis) is 1. The highest BCUT2D eigenvalue weighted by Crippen LogP contribution is 2.44. The summed E-state index contributed by atoms with van der Waals surface area (Å²) in [5.74, 6) is -1.38. The maximum absolute atomic E-state index is 12.4. The Balaban J connectivity index is 1.27.